The summed E-state index contributed by atoms with van der Waals surface area (Å²) in [5.41, 5.74) is 0.791. The van der Waals surface area contributed by atoms with Crippen molar-refractivity contribution in [1.82, 2.24) is 10.6 Å². The summed E-state index contributed by atoms with van der Waals surface area (Å²) in [5.74, 6) is -1.27. The van der Waals surface area contributed by atoms with Crippen molar-refractivity contribution in [2.24, 2.45) is 0 Å². The Labute approximate surface area is 114 Å². The zero-order chi connectivity index (χ0) is 14.3. The van der Waals surface area contributed by atoms with Crippen molar-refractivity contribution in [2.75, 3.05) is 13.2 Å². The lowest BCUT2D eigenvalue weighted by atomic mass is 10.3. The van der Waals surface area contributed by atoms with Gasteiger partial charge in [0.15, 0.2) is 6.61 Å². The number of hydrogen-bond donors (Lipinski definition) is 2. The maximum absolute atomic E-state index is 11.6. The maximum Gasteiger partial charge on any atom is 0.349 e. The molecule has 0 spiro atoms. The number of nitrogens with one attached hydrogen (secondary N) is 2. The van der Waals surface area contributed by atoms with Gasteiger partial charge in [0.2, 0.25) is 0 Å². The monoisotopic (exact) mass is 282 g/mol. The molecule has 0 saturated carbocycles. The van der Waals surface area contributed by atoms with Gasteiger partial charge in [0.05, 0.1) is 0 Å². The smallest absolute Gasteiger partial charge is 0.349 e. The summed E-state index contributed by atoms with van der Waals surface area (Å²) < 4.78 is 4.79. The van der Waals surface area contributed by atoms with Crippen LogP contribution >= 0.6 is 11.3 Å². The molecule has 0 fully saturated rings. The molecule has 19 heavy (non-hydrogen) atoms. The number of carbonyl (C=O) groups is 3. The predicted molar refractivity (Wildman–Crippen MR) is 71.1 cm³/mol. The summed E-state index contributed by atoms with van der Waals surface area (Å²) in [5, 5.41) is 6.14. The van der Waals surface area contributed by atoms with Crippen molar-refractivity contribution in [3.63, 3.8) is 0 Å². The first-order valence-electron chi connectivity index (χ1n) is 5.44. The van der Waals surface area contributed by atoms with Crippen LogP contribution in [0.3, 0.4) is 0 Å². The zero-order valence-electron chi connectivity index (χ0n) is 10.4. The summed E-state index contributed by atoms with van der Waals surface area (Å²) in [4.78, 5) is 34.4. The second-order valence-electron chi connectivity index (χ2n) is 3.56. The topological polar surface area (TPSA) is 84.5 Å². The summed E-state index contributed by atoms with van der Waals surface area (Å²) in [6.45, 7) is 4.93. The molecule has 102 valence electrons. The Hall–Kier alpha value is -2.15. The molecule has 0 aliphatic rings. The van der Waals surface area contributed by atoms with E-state index in [9.17, 15) is 14.4 Å². The van der Waals surface area contributed by atoms with Crippen LogP contribution in [0, 0.1) is 6.92 Å². The first kappa shape index (κ1) is 14.9. The Morgan fingerprint density at radius 1 is 1.47 bits per heavy atom. The fraction of sp³-hybridized carbons (Fsp3) is 0.250. The van der Waals surface area contributed by atoms with Gasteiger partial charge in [-0.15, -0.1) is 17.9 Å². The van der Waals surface area contributed by atoms with E-state index in [4.69, 9.17) is 4.74 Å². The van der Waals surface area contributed by atoms with E-state index in [1.807, 2.05) is 5.32 Å². The van der Waals surface area contributed by atoms with Gasteiger partial charge in [-0.3, -0.25) is 10.1 Å². The minimum absolute atomic E-state index is 0.243. The summed E-state index contributed by atoms with van der Waals surface area (Å²) in [6.07, 6.45) is 1.48. The Kier molecular flexibility index (Phi) is 5.74. The first-order chi connectivity index (χ1) is 9.04. The third kappa shape index (κ3) is 4.92. The molecule has 0 aliphatic heterocycles. The summed E-state index contributed by atoms with van der Waals surface area (Å²) in [7, 11) is 0. The summed E-state index contributed by atoms with van der Waals surface area (Å²) >= 11 is 1.24. The number of ether oxygens (including phenoxy) is 1. The standard InChI is InChI=1S/C12H14N2O4S/c1-3-5-13-12(17)14-9(15)7-18-11(16)10-8(2)4-6-19-10/h3-4,6H,1,5,7H2,2H3,(H2,13,14,15,17). The number of amides is 3. The zero-order valence-corrected chi connectivity index (χ0v) is 11.2. The van der Waals surface area contributed by atoms with E-state index in [2.05, 4.69) is 11.9 Å². The van der Waals surface area contributed by atoms with Gasteiger partial charge in [0.25, 0.3) is 5.91 Å². The van der Waals surface area contributed by atoms with Gasteiger partial charge in [-0.1, -0.05) is 6.08 Å². The number of hydrogen-bond acceptors (Lipinski definition) is 5. The molecular weight excluding hydrogens is 268 g/mol. The average Bonchev–Trinajstić information content (AvgIpc) is 2.79. The molecule has 1 rings (SSSR count). The Morgan fingerprint density at radius 3 is 2.79 bits per heavy atom. The van der Waals surface area contributed by atoms with Gasteiger partial charge in [-0.2, -0.15) is 0 Å². The Bertz CT molecular complexity index is 496. The van der Waals surface area contributed by atoms with Crippen molar-refractivity contribution >= 4 is 29.2 Å². The van der Waals surface area contributed by atoms with Crippen LogP contribution in [0.5, 0.6) is 0 Å². The highest BCUT2D eigenvalue weighted by Crippen LogP contribution is 2.16. The molecule has 3 amide bonds. The van der Waals surface area contributed by atoms with Crippen LogP contribution in [-0.4, -0.2) is 31.1 Å². The van der Waals surface area contributed by atoms with Crippen LogP contribution in [-0.2, 0) is 9.53 Å². The molecule has 0 atom stereocenters. The van der Waals surface area contributed by atoms with Crippen LogP contribution in [0.2, 0.25) is 0 Å². The fourth-order valence-corrected chi connectivity index (χ4v) is 1.97. The molecule has 1 aromatic heterocycles. The van der Waals surface area contributed by atoms with Crippen molar-refractivity contribution in [2.45, 2.75) is 6.92 Å². The number of esters is 1. The van der Waals surface area contributed by atoms with Crippen molar-refractivity contribution in [1.29, 1.82) is 0 Å². The SMILES string of the molecule is C=CCNC(=O)NC(=O)COC(=O)c1sccc1C. The van der Waals surface area contributed by atoms with Crippen molar-refractivity contribution < 1.29 is 19.1 Å². The molecule has 0 bridgehead atoms. The molecule has 0 aromatic carbocycles. The molecule has 0 unspecified atom stereocenters. The number of imide groups is 1. The Balaban J connectivity index is 2.34. The number of carbonyl (C=O) groups excluding carboxylic acids is 3. The van der Waals surface area contributed by atoms with Gasteiger partial charge in [0.1, 0.15) is 4.88 Å². The van der Waals surface area contributed by atoms with E-state index in [0.29, 0.717) is 4.88 Å². The van der Waals surface area contributed by atoms with E-state index in [-0.39, 0.29) is 6.54 Å². The molecule has 0 aliphatic carbocycles. The third-order valence-electron chi connectivity index (χ3n) is 2.04. The number of thiophene rings is 1. The molecule has 1 heterocycles. The third-order valence-corrected chi connectivity index (χ3v) is 3.04. The Morgan fingerprint density at radius 2 is 2.21 bits per heavy atom. The molecule has 0 saturated heterocycles. The second-order valence-corrected chi connectivity index (χ2v) is 4.47. The van der Waals surface area contributed by atoms with E-state index >= 15 is 0 Å². The molecule has 7 heteroatoms. The van der Waals surface area contributed by atoms with E-state index in [1.54, 1.807) is 18.4 Å². The van der Waals surface area contributed by atoms with Gasteiger partial charge >= 0.3 is 12.0 Å². The van der Waals surface area contributed by atoms with Crippen LogP contribution < -0.4 is 10.6 Å². The highest BCUT2D eigenvalue weighted by molar-refractivity contribution is 7.12. The largest absolute Gasteiger partial charge is 0.451 e. The van der Waals surface area contributed by atoms with Crippen molar-refractivity contribution in [3.05, 3.63) is 34.5 Å². The minimum atomic E-state index is -0.691. The lowest BCUT2D eigenvalue weighted by molar-refractivity contribution is -0.123. The molecular formula is C12H14N2O4S. The van der Waals surface area contributed by atoms with Crippen molar-refractivity contribution in [3.8, 4) is 0 Å². The van der Waals surface area contributed by atoms with Crippen LogP contribution in [0.15, 0.2) is 24.1 Å². The second kappa shape index (κ2) is 7.32. The predicted octanol–water partition coefficient (Wildman–Crippen LogP) is 1.23. The van der Waals surface area contributed by atoms with E-state index in [0.717, 1.165) is 5.56 Å². The highest BCUT2D eigenvalue weighted by atomic mass is 32.1. The minimum Gasteiger partial charge on any atom is -0.451 e. The fourth-order valence-electron chi connectivity index (χ4n) is 1.15. The average molecular weight is 282 g/mol. The van der Waals surface area contributed by atoms with Gasteiger partial charge in [0, 0.05) is 6.54 Å². The first-order valence-corrected chi connectivity index (χ1v) is 6.32. The molecule has 1 aromatic rings. The lowest BCUT2D eigenvalue weighted by Gasteiger charge is -2.05. The number of urea groups is 1. The molecule has 0 radical (unpaired) electrons. The lowest BCUT2D eigenvalue weighted by Crippen LogP contribution is -2.41. The quantitative estimate of drug-likeness (QED) is 0.628. The molecule has 6 nitrogen and oxygen atoms in total. The number of aryl methyl sites for hydroxylation is 1. The van der Waals surface area contributed by atoms with Gasteiger partial charge in [-0.05, 0) is 23.9 Å². The van der Waals surface area contributed by atoms with Crippen LogP contribution in [0.1, 0.15) is 15.2 Å². The highest BCUT2D eigenvalue weighted by Gasteiger charge is 2.14. The van der Waals surface area contributed by atoms with Crippen LogP contribution in [0.4, 0.5) is 4.79 Å². The van der Waals surface area contributed by atoms with Crippen LogP contribution in [0.25, 0.3) is 0 Å². The van der Waals surface area contributed by atoms with Gasteiger partial charge < -0.3 is 10.1 Å². The summed E-state index contributed by atoms with van der Waals surface area (Å²) in [6, 6.07) is 1.12. The van der Waals surface area contributed by atoms with Gasteiger partial charge in [-0.25, -0.2) is 9.59 Å². The number of rotatable bonds is 5. The van der Waals surface area contributed by atoms with E-state index < -0.39 is 24.5 Å². The maximum atomic E-state index is 11.6. The van der Waals surface area contributed by atoms with E-state index in [1.165, 1.54) is 17.4 Å². The normalized spacial score (nSPS) is 9.53. The molecule has 2 N–H and O–H groups in total.